The molecule has 0 aliphatic rings. The number of carbonyl (C=O) groups is 1. The van der Waals surface area contributed by atoms with Gasteiger partial charge in [0.25, 0.3) is 0 Å². The Bertz CT molecular complexity index is 759. The fraction of sp³-hybridized carbons (Fsp3) is 0.0667. The fourth-order valence-electron chi connectivity index (χ4n) is 1.95. The number of nitrogens with zero attached hydrogens (tertiary/aromatic N) is 1. The molecule has 0 atom stereocenters. The molecule has 0 spiro atoms. The zero-order valence-corrected chi connectivity index (χ0v) is 11.5. The first-order valence-corrected chi connectivity index (χ1v) is 6.82. The molecule has 2 heterocycles. The smallest absolute Gasteiger partial charge is 0.348 e. The highest BCUT2D eigenvalue weighted by Crippen LogP contribution is 2.35. The Balaban J connectivity index is 2.18. The number of hydrogen-bond acceptors (Lipinski definition) is 4. The van der Waals surface area contributed by atoms with Crippen LogP contribution in [0.5, 0.6) is 0 Å². The molecule has 0 radical (unpaired) electrons. The van der Waals surface area contributed by atoms with Crippen LogP contribution in [-0.2, 0) is 0 Å². The van der Waals surface area contributed by atoms with Crippen LogP contribution in [0.25, 0.3) is 22.0 Å². The van der Waals surface area contributed by atoms with Gasteiger partial charge in [-0.3, -0.25) is 0 Å². The first-order chi connectivity index (χ1) is 9.66. The summed E-state index contributed by atoms with van der Waals surface area (Å²) >= 11 is 1.13. The highest BCUT2D eigenvalue weighted by Gasteiger charge is 2.21. The van der Waals surface area contributed by atoms with E-state index < -0.39 is 5.97 Å². The quantitative estimate of drug-likeness (QED) is 0.787. The normalized spacial score (nSPS) is 10.7. The summed E-state index contributed by atoms with van der Waals surface area (Å²) in [6, 6.07) is 11.1. The van der Waals surface area contributed by atoms with Gasteiger partial charge >= 0.3 is 5.97 Å². The van der Waals surface area contributed by atoms with E-state index in [0.29, 0.717) is 16.5 Å². The topological polar surface area (TPSA) is 63.3 Å². The monoisotopic (exact) mass is 285 g/mol. The summed E-state index contributed by atoms with van der Waals surface area (Å²) in [4.78, 5) is 16.1. The summed E-state index contributed by atoms with van der Waals surface area (Å²) in [5, 5.41) is 9.93. The van der Waals surface area contributed by atoms with E-state index in [-0.39, 0.29) is 4.88 Å². The number of thiazole rings is 1. The molecule has 3 aromatic rings. The van der Waals surface area contributed by atoms with Gasteiger partial charge in [0, 0.05) is 5.56 Å². The number of hydrogen-bond donors (Lipinski definition) is 1. The minimum absolute atomic E-state index is 0.224. The maximum Gasteiger partial charge on any atom is 0.348 e. The van der Waals surface area contributed by atoms with Crippen molar-refractivity contribution in [2.45, 2.75) is 6.92 Å². The predicted molar refractivity (Wildman–Crippen MR) is 76.9 cm³/mol. The van der Waals surface area contributed by atoms with Crippen molar-refractivity contribution in [3.63, 3.8) is 0 Å². The maximum absolute atomic E-state index is 11.4. The number of carboxylic acid groups (broad SMARTS) is 1. The van der Waals surface area contributed by atoms with Crippen LogP contribution in [0.15, 0.2) is 47.1 Å². The van der Waals surface area contributed by atoms with E-state index in [4.69, 9.17) is 4.42 Å². The molecule has 4 nitrogen and oxygen atoms in total. The van der Waals surface area contributed by atoms with Gasteiger partial charge in [-0.15, -0.1) is 11.3 Å². The zero-order chi connectivity index (χ0) is 14.1. The molecule has 1 aromatic carbocycles. The molecule has 0 bridgehead atoms. The zero-order valence-electron chi connectivity index (χ0n) is 10.7. The van der Waals surface area contributed by atoms with Crippen molar-refractivity contribution in [2.24, 2.45) is 0 Å². The van der Waals surface area contributed by atoms with Crippen LogP contribution in [0.1, 0.15) is 15.2 Å². The van der Waals surface area contributed by atoms with Crippen molar-refractivity contribution >= 4 is 17.3 Å². The number of rotatable bonds is 3. The number of carboxylic acids is 1. The first-order valence-electron chi connectivity index (χ1n) is 6.01. The van der Waals surface area contributed by atoms with Gasteiger partial charge in [0.2, 0.25) is 0 Å². The van der Waals surface area contributed by atoms with Gasteiger partial charge in [0.15, 0.2) is 10.8 Å². The van der Waals surface area contributed by atoms with Gasteiger partial charge in [-0.1, -0.05) is 30.3 Å². The Morgan fingerprint density at radius 3 is 2.60 bits per heavy atom. The largest absolute Gasteiger partial charge is 0.477 e. The third kappa shape index (κ3) is 2.12. The van der Waals surface area contributed by atoms with Crippen molar-refractivity contribution < 1.29 is 14.3 Å². The van der Waals surface area contributed by atoms with Crippen molar-refractivity contribution in [1.82, 2.24) is 4.98 Å². The molecule has 2 aromatic heterocycles. The van der Waals surface area contributed by atoms with Crippen molar-refractivity contribution in [3.8, 4) is 22.0 Å². The van der Waals surface area contributed by atoms with Crippen LogP contribution in [0.2, 0.25) is 0 Å². The van der Waals surface area contributed by atoms with Gasteiger partial charge < -0.3 is 9.52 Å². The average Bonchev–Trinajstić information content (AvgIpc) is 3.05. The number of aromatic carboxylic acids is 1. The van der Waals surface area contributed by atoms with E-state index in [1.807, 2.05) is 43.3 Å². The molecule has 100 valence electrons. The molecule has 0 aliphatic carbocycles. The number of aromatic nitrogens is 1. The lowest BCUT2D eigenvalue weighted by Gasteiger charge is -1.97. The summed E-state index contributed by atoms with van der Waals surface area (Å²) in [5.74, 6) is -0.350. The Kier molecular flexibility index (Phi) is 3.12. The Hall–Kier alpha value is -2.40. The minimum Gasteiger partial charge on any atom is -0.477 e. The lowest BCUT2D eigenvalue weighted by molar-refractivity contribution is 0.0702. The van der Waals surface area contributed by atoms with E-state index in [0.717, 1.165) is 22.5 Å². The van der Waals surface area contributed by atoms with Crippen LogP contribution in [0, 0.1) is 6.92 Å². The summed E-state index contributed by atoms with van der Waals surface area (Å²) in [6.07, 6.45) is 1.58. The first kappa shape index (κ1) is 12.6. The second kappa shape index (κ2) is 4.94. The molecular weight excluding hydrogens is 274 g/mol. The maximum atomic E-state index is 11.4. The number of aryl methyl sites for hydroxylation is 1. The molecule has 0 unspecified atom stereocenters. The molecule has 1 N–H and O–H groups in total. The van der Waals surface area contributed by atoms with Crippen molar-refractivity contribution in [3.05, 3.63) is 53.1 Å². The Morgan fingerprint density at radius 2 is 2.00 bits per heavy atom. The predicted octanol–water partition coefficient (Wildman–Crippen LogP) is 4.08. The molecule has 0 saturated heterocycles. The molecule has 3 rings (SSSR count). The average molecular weight is 285 g/mol. The molecular formula is C15H11NO3S. The summed E-state index contributed by atoms with van der Waals surface area (Å²) in [5.41, 5.74) is 2.21. The van der Waals surface area contributed by atoms with E-state index in [1.54, 1.807) is 6.26 Å². The molecule has 0 aliphatic heterocycles. The lowest BCUT2D eigenvalue weighted by Crippen LogP contribution is -1.95. The summed E-state index contributed by atoms with van der Waals surface area (Å²) in [6.45, 7) is 1.91. The van der Waals surface area contributed by atoms with Gasteiger partial charge in [-0.25, -0.2) is 9.78 Å². The highest BCUT2D eigenvalue weighted by atomic mass is 32.1. The minimum atomic E-state index is -0.975. The third-order valence-electron chi connectivity index (χ3n) is 2.92. The van der Waals surface area contributed by atoms with Crippen LogP contribution >= 0.6 is 11.3 Å². The summed E-state index contributed by atoms with van der Waals surface area (Å²) < 4.78 is 5.39. The standard InChI is InChI=1S/C15H11NO3S/c1-9-7-8-19-12(9)14-16-11(13(20-14)15(17)18)10-5-3-2-4-6-10/h2-8H,1H3,(H,17,18). The van der Waals surface area contributed by atoms with Crippen LogP contribution in [0.4, 0.5) is 0 Å². The number of benzene rings is 1. The number of furan rings is 1. The summed E-state index contributed by atoms with van der Waals surface area (Å²) in [7, 11) is 0. The molecule has 0 amide bonds. The fourth-order valence-corrected chi connectivity index (χ4v) is 2.93. The van der Waals surface area contributed by atoms with Gasteiger partial charge in [0.05, 0.1) is 12.0 Å². The molecule has 0 fully saturated rings. The SMILES string of the molecule is Cc1ccoc1-c1nc(-c2ccccc2)c(C(=O)O)s1. The van der Waals surface area contributed by atoms with Crippen molar-refractivity contribution in [2.75, 3.05) is 0 Å². The van der Waals surface area contributed by atoms with E-state index >= 15 is 0 Å². The molecule has 5 heteroatoms. The van der Waals surface area contributed by atoms with Gasteiger partial charge in [-0.05, 0) is 18.6 Å². The van der Waals surface area contributed by atoms with E-state index in [9.17, 15) is 9.90 Å². The van der Waals surface area contributed by atoms with Crippen LogP contribution in [0.3, 0.4) is 0 Å². The van der Waals surface area contributed by atoms with Crippen LogP contribution < -0.4 is 0 Å². The Labute approximate surface area is 119 Å². The Morgan fingerprint density at radius 1 is 1.25 bits per heavy atom. The lowest BCUT2D eigenvalue weighted by atomic mass is 10.1. The van der Waals surface area contributed by atoms with Crippen molar-refractivity contribution in [1.29, 1.82) is 0 Å². The molecule has 0 saturated carbocycles. The van der Waals surface area contributed by atoms with Gasteiger partial charge in [-0.2, -0.15) is 0 Å². The highest BCUT2D eigenvalue weighted by molar-refractivity contribution is 7.17. The van der Waals surface area contributed by atoms with E-state index in [2.05, 4.69) is 4.98 Å². The second-order valence-electron chi connectivity index (χ2n) is 4.30. The van der Waals surface area contributed by atoms with Gasteiger partial charge in [0.1, 0.15) is 4.88 Å². The second-order valence-corrected chi connectivity index (χ2v) is 5.30. The molecule has 20 heavy (non-hydrogen) atoms. The van der Waals surface area contributed by atoms with Crippen LogP contribution in [-0.4, -0.2) is 16.1 Å². The van der Waals surface area contributed by atoms with E-state index in [1.165, 1.54) is 0 Å². The third-order valence-corrected chi connectivity index (χ3v) is 3.97.